The second-order valence-corrected chi connectivity index (χ2v) is 6.65. The number of nitrogens with zero attached hydrogens (tertiary/aromatic N) is 1. The summed E-state index contributed by atoms with van der Waals surface area (Å²) in [6.45, 7) is 3.43. The molecule has 0 aliphatic heterocycles. The van der Waals surface area contributed by atoms with E-state index in [1.165, 1.54) is 6.26 Å². The van der Waals surface area contributed by atoms with Crippen molar-refractivity contribution in [2.24, 2.45) is 5.73 Å². The molecule has 5 nitrogen and oxygen atoms in total. The van der Waals surface area contributed by atoms with E-state index in [9.17, 15) is 8.42 Å². The summed E-state index contributed by atoms with van der Waals surface area (Å²) in [5, 5.41) is 0. The molecule has 0 aliphatic rings. The van der Waals surface area contributed by atoms with Gasteiger partial charge in [0, 0.05) is 12.8 Å². The van der Waals surface area contributed by atoms with E-state index in [0.29, 0.717) is 19.6 Å². The molecule has 0 atom stereocenters. The van der Waals surface area contributed by atoms with Gasteiger partial charge in [-0.25, -0.2) is 8.42 Å². The van der Waals surface area contributed by atoms with Crippen LogP contribution in [0.4, 0.5) is 0 Å². The summed E-state index contributed by atoms with van der Waals surface area (Å²) >= 11 is 0. The van der Waals surface area contributed by atoms with E-state index in [1.807, 2.05) is 24.9 Å². The van der Waals surface area contributed by atoms with Crippen molar-refractivity contribution < 1.29 is 12.8 Å². The predicted molar refractivity (Wildman–Crippen MR) is 67.4 cm³/mol. The monoisotopic (exact) mass is 260 g/mol. The summed E-state index contributed by atoms with van der Waals surface area (Å²) < 4.78 is 27.6. The molecule has 1 heterocycles. The Labute approximate surface area is 103 Å². The summed E-state index contributed by atoms with van der Waals surface area (Å²) in [7, 11) is -1.05. The molecule has 17 heavy (non-hydrogen) atoms. The molecule has 1 rings (SSSR count). The average Bonchev–Trinajstić information content (AvgIpc) is 2.55. The number of hydrogen-bond acceptors (Lipinski definition) is 5. The molecule has 0 aliphatic carbocycles. The van der Waals surface area contributed by atoms with Gasteiger partial charge in [-0.1, -0.05) is 0 Å². The summed E-state index contributed by atoms with van der Waals surface area (Å²) in [5.74, 6) is 1.77. The first kappa shape index (κ1) is 14.2. The number of sulfone groups is 1. The van der Waals surface area contributed by atoms with E-state index in [4.69, 9.17) is 10.2 Å². The smallest absolute Gasteiger partial charge is 0.148 e. The minimum absolute atomic E-state index is 0.160. The van der Waals surface area contributed by atoms with Crippen molar-refractivity contribution in [1.29, 1.82) is 0 Å². The molecule has 0 spiro atoms. The average molecular weight is 260 g/mol. The van der Waals surface area contributed by atoms with Crippen LogP contribution in [0, 0.1) is 6.92 Å². The summed E-state index contributed by atoms with van der Waals surface area (Å²) in [6, 6.07) is 1.94. The van der Waals surface area contributed by atoms with Crippen molar-refractivity contribution >= 4 is 9.84 Å². The Hall–Kier alpha value is -0.850. The molecular weight excluding hydrogens is 240 g/mol. The largest absolute Gasteiger partial charge is 0.463 e. The molecule has 0 unspecified atom stereocenters. The van der Waals surface area contributed by atoms with Crippen molar-refractivity contribution in [2.45, 2.75) is 20.0 Å². The fraction of sp³-hybridized carbons (Fsp3) is 0.636. The maximum Gasteiger partial charge on any atom is 0.148 e. The van der Waals surface area contributed by atoms with Crippen LogP contribution in [-0.4, -0.2) is 38.9 Å². The van der Waals surface area contributed by atoms with Crippen LogP contribution < -0.4 is 5.73 Å². The van der Waals surface area contributed by atoms with E-state index < -0.39 is 9.84 Å². The van der Waals surface area contributed by atoms with E-state index in [1.54, 1.807) is 0 Å². The molecule has 0 aromatic carbocycles. The highest BCUT2D eigenvalue weighted by Crippen LogP contribution is 2.15. The third kappa shape index (κ3) is 4.89. The maximum atomic E-state index is 11.0. The Morgan fingerprint density at radius 1 is 1.47 bits per heavy atom. The van der Waals surface area contributed by atoms with Crippen LogP contribution in [0.5, 0.6) is 0 Å². The molecule has 98 valence electrons. The molecule has 0 amide bonds. The van der Waals surface area contributed by atoms with E-state index in [0.717, 1.165) is 17.1 Å². The first-order valence-corrected chi connectivity index (χ1v) is 7.52. The normalized spacial score (nSPS) is 12.3. The molecule has 0 saturated heterocycles. The first-order chi connectivity index (χ1) is 7.81. The minimum Gasteiger partial charge on any atom is -0.463 e. The number of aryl methyl sites for hydroxylation is 1. The lowest BCUT2D eigenvalue weighted by Gasteiger charge is -2.13. The number of nitrogens with two attached hydrogens (primary N) is 1. The van der Waals surface area contributed by atoms with Crippen molar-refractivity contribution in [3.05, 3.63) is 23.2 Å². The lowest BCUT2D eigenvalue weighted by molar-refractivity contribution is 0.304. The van der Waals surface area contributed by atoms with Crippen LogP contribution in [0.2, 0.25) is 0 Å². The Bertz CT molecular complexity index is 465. The van der Waals surface area contributed by atoms with Crippen molar-refractivity contribution in [3.63, 3.8) is 0 Å². The van der Waals surface area contributed by atoms with Gasteiger partial charge >= 0.3 is 0 Å². The summed E-state index contributed by atoms with van der Waals surface area (Å²) in [6.07, 6.45) is 1.24. The minimum atomic E-state index is -2.91. The van der Waals surface area contributed by atoms with Gasteiger partial charge in [0.25, 0.3) is 0 Å². The Morgan fingerprint density at radius 3 is 2.59 bits per heavy atom. The number of furan rings is 1. The fourth-order valence-electron chi connectivity index (χ4n) is 1.54. The van der Waals surface area contributed by atoms with Gasteiger partial charge in [0.2, 0.25) is 0 Å². The zero-order valence-electron chi connectivity index (χ0n) is 10.6. The van der Waals surface area contributed by atoms with Crippen LogP contribution in [0.25, 0.3) is 0 Å². The highest BCUT2D eigenvalue weighted by atomic mass is 32.2. The van der Waals surface area contributed by atoms with Gasteiger partial charge in [0.15, 0.2) is 0 Å². The van der Waals surface area contributed by atoms with Gasteiger partial charge in [-0.3, -0.25) is 4.90 Å². The van der Waals surface area contributed by atoms with Gasteiger partial charge in [0.1, 0.15) is 21.4 Å². The summed E-state index contributed by atoms with van der Waals surface area (Å²) in [5.41, 5.74) is 6.56. The molecule has 0 fully saturated rings. The predicted octanol–water partition coefficient (Wildman–Crippen LogP) is 0.523. The number of hydrogen-bond donors (Lipinski definition) is 1. The fourth-order valence-corrected chi connectivity index (χ4v) is 2.18. The van der Waals surface area contributed by atoms with Gasteiger partial charge < -0.3 is 10.2 Å². The zero-order valence-corrected chi connectivity index (χ0v) is 11.4. The van der Waals surface area contributed by atoms with Crippen molar-refractivity contribution in [2.75, 3.05) is 25.6 Å². The molecule has 1 aromatic rings. The quantitative estimate of drug-likeness (QED) is 0.807. The van der Waals surface area contributed by atoms with E-state index >= 15 is 0 Å². The van der Waals surface area contributed by atoms with E-state index in [-0.39, 0.29) is 5.75 Å². The van der Waals surface area contributed by atoms with Crippen LogP contribution >= 0.6 is 0 Å². The Kier molecular flexibility index (Phi) is 4.73. The SMILES string of the molecule is Cc1cc(CN(C)CCS(C)(=O)=O)oc1CN. The van der Waals surface area contributed by atoms with Gasteiger partial charge in [-0.2, -0.15) is 0 Å². The number of rotatable bonds is 6. The van der Waals surface area contributed by atoms with Crippen molar-refractivity contribution in [3.8, 4) is 0 Å². The standard InChI is InChI=1S/C11H20N2O3S/c1-9-6-10(16-11(9)7-12)8-13(2)4-5-17(3,14)15/h6H,4-5,7-8,12H2,1-3H3. The third-order valence-corrected chi connectivity index (χ3v) is 3.45. The van der Waals surface area contributed by atoms with Gasteiger partial charge in [0.05, 0.1) is 18.8 Å². The van der Waals surface area contributed by atoms with Gasteiger partial charge in [-0.05, 0) is 25.6 Å². The van der Waals surface area contributed by atoms with Crippen LogP contribution in [0.1, 0.15) is 17.1 Å². The zero-order chi connectivity index (χ0) is 13.1. The summed E-state index contributed by atoms with van der Waals surface area (Å²) in [4.78, 5) is 1.92. The van der Waals surface area contributed by atoms with Crippen molar-refractivity contribution in [1.82, 2.24) is 4.90 Å². The maximum absolute atomic E-state index is 11.0. The molecule has 0 saturated carbocycles. The van der Waals surface area contributed by atoms with Crippen LogP contribution in [0.15, 0.2) is 10.5 Å². The second kappa shape index (κ2) is 5.66. The topological polar surface area (TPSA) is 76.5 Å². The molecular formula is C11H20N2O3S. The molecule has 0 bridgehead atoms. The first-order valence-electron chi connectivity index (χ1n) is 5.46. The van der Waals surface area contributed by atoms with Gasteiger partial charge in [-0.15, -0.1) is 0 Å². The molecule has 0 radical (unpaired) electrons. The third-order valence-electron chi connectivity index (χ3n) is 2.53. The van der Waals surface area contributed by atoms with E-state index in [2.05, 4.69) is 0 Å². The Balaban J connectivity index is 2.53. The second-order valence-electron chi connectivity index (χ2n) is 4.39. The molecule has 2 N–H and O–H groups in total. The lowest BCUT2D eigenvalue weighted by atomic mass is 10.2. The highest BCUT2D eigenvalue weighted by molar-refractivity contribution is 7.90. The van der Waals surface area contributed by atoms with Crippen LogP contribution in [0.3, 0.4) is 0 Å². The highest BCUT2D eigenvalue weighted by Gasteiger charge is 2.10. The van der Waals surface area contributed by atoms with Crippen LogP contribution in [-0.2, 0) is 22.9 Å². The molecule has 6 heteroatoms. The lowest BCUT2D eigenvalue weighted by Crippen LogP contribution is -2.24. The molecule has 1 aromatic heterocycles. The Morgan fingerprint density at radius 2 is 2.12 bits per heavy atom.